The van der Waals surface area contributed by atoms with Crippen LogP contribution >= 0.6 is 0 Å². The van der Waals surface area contributed by atoms with Gasteiger partial charge in [0, 0.05) is 56.5 Å². The minimum Gasteiger partial charge on any atom is -0.387 e. The summed E-state index contributed by atoms with van der Waals surface area (Å²) in [6, 6.07) is 5.24. The Balaban J connectivity index is 1.72. The zero-order valence-corrected chi connectivity index (χ0v) is 16.4. The number of rotatable bonds is 5. The quantitative estimate of drug-likeness (QED) is 0.532. The van der Waals surface area contributed by atoms with Gasteiger partial charge in [-0.25, -0.2) is 4.79 Å². The van der Waals surface area contributed by atoms with Gasteiger partial charge in [0.15, 0.2) is 0 Å². The van der Waals surface area contributed by atoms with Gasteiger partial charge in [-0.2, -0.15) is 0 Å². The molecule has 0 atom stereocenters. The van der Waals surface area contributed by atoms with Crippen LogP contribution in [-0.2, 0) is 9.59 Å². The normalized spacial score (nSPS) is 18.1. The number of amides is 3. The molecule has 1 aromatic rings. The predicted octanol–water partition coefficient (Wildman–Crippen LogP) is 2.19. The SMILES string of the molecule is CNc1cc(N2CCC(CC(C)=O)CC2)ccc1C(=N)N1CCC(=O)NC1=O. The summed E-state index contributed by atoms with van der Waals surface area (Å²) in [5, 5.41) is 13.8. The molecule has 8 heteroatoms. The maximum atomic E-state index is 12.0. The molecule has 0 spiro atoms. The number of Topliss-reactive ketones (excluding diaryl/α,β-unsaturated/α-hetero) is 1. The van der Waals surface area contributed by atoms with E-state index in [2.05, 4.69) is 15.5 Å². The number of nitrogens with one attached hydrogen (secondary N) is 3. The lowest BCUT2D eigenvalue weighted by atomic mass is 9.91. The van der Waals surface area contributed by atoms with Crippen molar-refractivity contribution in [3.8, 4) is 0 Å². The lowest BCUT2D eigenvalue weighted by molar-refractivity contribution is -0.121. The Morgan fingerprint density at radius 1 is 1.25 bits per heavy atom. The third-order valence-corrected chi connectivity index (χ3v) is 5.41. The lowest BCUT2D eigenvalue weighted by Crippen LogP contribution is -2.52. The van der Waals surface area contributed by atoms with Crippen LogP contribution in [0.15, 0.2) is 18.2 Å². The van der Waals surface area contributed by atoms with E-state index in [4.69, 9.17) is 5.41 Å². The van der Waals surface area contributed by atoms with Gasteiger partial charge in [-0.3, -0.25) is 20.4 Å². The number of hydrogen-bond acceptors (Lipinski definition) is 6. The predicted molar refractivity (Wildman–Crippen MR) is 108 cm³/mol. The van der Waals surface area contributed by atoms with Gasteiger partial charge in [-0.05, 0) is 43.9 Å². The van der Waals surface area contributed by atoms with Gasteiger partial charge < -0.3 is 15.0 Å². The number of urea groups is 1. The second-order valence-corrected chi connectivity index (χ2v) is 7.42. The van der Waals surface area contributed by atoms with E-state index >= 15 is 0 Å². The minimum absolute atomic E-state index is 0.0704. The van der Waals surface area contributed by atoms with Crippen molar-refractivity contribution in [3.05, 3.63) is 23.8 Å². The summed E-state index contributed by atoms with van der Waals surface area (Å²) in [5.74, 6) is 0.472. The first-order valence-electron chi connectivity index (χ1n) is 9.65. The largest absolute Gasteiger partial charge is 0.387 e. The van der Waals surface area contributed by atoms with Crippen molar-refractivity contribution in [2.24, 2.45) is 5.92 Å². The van der Waals surface area contributed by atoms with Crippen molar-refractivity contribution in [2.45, 2.75) is 32.6 Å². The fraction of sp³-hybridized carbons (Fsp3) is 0.500. The standard InChI is InChI=1S/C20H27N5O3/c1-13(26)11-14-5-8-24(9-6-14)15-3-4-16(17(12-15)22-2)19(21)25-10-7-18(27)23-20(25)28/h3-4,12,14,21-22H,5-11H2,1-2H3,(H,23,27,28). The molecule has 3 N–H and O–H groups in total. The van der Waals surface area contributed by atoms with Crippen LogP contribution in [0.25, 0.3) is 0 Å². The Labute approximate surface area is 164 Å². The molecule has 3 rings (SSSR count). The number of benzene rings is 1. The van der Waals surface area contributed by atoms with Gasteiger partial charge in [-0.1, -0.05) is 0 Å². The highest BCUT2D eigenvalue weighted by Crippen LogP contribution is 2.29. The Kier molecular flexibility index (Phi) is 5.96. The van der Waals surface area contributed by atoms with Gasteiger partial charge >= 0.3 is 6.03 Å². The zero-order chi connectivity index (χ0) is 20.3. The number of anilines is 2. The molecule has 1 aromatic carbocycles. The number of piperidine rings is 1. The van der Waals surface area contributed by atoms with Crippen LogP contribution in [0, 0.1) is 11.3 Å². The van der Waals surface area contributed by atoms with E-state index in [-0.39, 0.29) is 30.5 Å². The molecule has 0 radical (unpaired) electrons. The number of nitrogens with zero attached hydrogens (tertiary/aromatic N) is 2. The van der Waals surface area contributed by atoms with Gasteiger partial charge in [0.05, 0.1) is 0 Å². The summed E-state index contributed by atoms with van der Waals surface area (Å²) in [6.07, 6.45) is 2.84. The third-order valence-electron chi connectivity index (χ3n) is 5.41. The third kappa shape index (κ3) is 4.32. The van der Waals surface area contributed by atoms with Crippen molar-refractivity contribution in [1.82, 2.24) is 10.2 Å². The van der Waals surface area contributed by atoms with E-state index in [0.29, 0.717) is 17.9 Å². The van der Waals surface area contributed by atoms with Crippen LogP contribution in [-0.4, -0.2) is 55.1 Å². The Morgan fingerprint density at radius 2 is 1.96 bits per heavy atom. The maximum absolute atomic E-state index is 12.0. The van der Waals surface area contributed by atoms with Gasteiger partial charge in [0.2, 0.25) is 5.91 Å². The fourth-order valence-corrected chi connectivity index (χ4v) is 3.87. The first kappa shape index (κ1) is 19.9. The number of carbonyl (C=O) groups is 3. The van der Waals surface area contributed by atoms with Gasteiger partial charge in [0.25, 0.3) is 0 Å². The number of imide groups is 1. The molecule has 150 valence electrons. The maximum Gasteiger partial charge on any atom is 0.329 e. The van der Waals surface area contributed by atoms with Crippen LogP contribution in [0.5, 0.6) is 0 Å². The average Bonchev–Trinajstić information content (AvgIpc) is 2.67. The van der Waals surface area contributed by atoms with E-state index in [9.17, 15) is 14.4 Å². The number of carbonyl (C=O) groups excluding carboxylic acids is 3. The summed E-state index contributed by atoms with van der Waals surface area (Å²) in [4.78, 5) is 38.3. The average molecular weight is 385 g/mol. The minimum atomic E-state index is -0.556. The van der Waals surface area contributed by atoms with Crippen molar-refractivity contribution in [3.63, 3.8) is 0 Å². The second kappa shape index (κ2) is 8.41. The molecule has 2 heterocycles. The van der Waals surface area contributed by atoms with Crippen LogP contribution < -0.4 is 15.5 Å². The summed E-state index contributed by atoms with van der Waals surface area (Å²) < 4.78 is 0. The molecule has 0 aliphatic carbocycles. The molecular weight excluding hydrogens is 358 g/mol. The van der Waals surface area contributed by atoms with E-state index in [1.807, 2.05) is 18.2 Å². The molecular formula is C20H27N5O3. The zero-order valence-electron chi connectivity index (χ0n) is 16.4. The van der Waals surface area contributed by atoms with E-state index in [0.717, 1.165) is 37.3 Å². The van der Waals surface area contributed by atoms with Crippen LogP contribution in [0.2, 0.25) is 0 Å². The molecule has 2 aliphatic heterocycles. The van der Waals surface area contributed by atoms with Crippen molar-refractivity contribution >= 4 is 34.9 Å². The van der Waals surface area contributed by atoms with Gasteiger partial charge in [0.1, 0.15) is 11.6 Å². The first-order chi connectivity index (χ1) is 13.4. The molecule has 0 saturated carbocycles. The molecule has 28 heavy (non-hydrogen) atoms. The summed E-state index contributed by atoms with van der Waals surface area (Å²) in [6.45, 7) is 3.65. The molecule has 2 aliphatic rings. The van der Waals surface area contributed by atoms with E-state index in [1.54, 1.807) is 14.0 Å². The van der Waals surface area contributed by atoms with E-state index < -0.39 is 6.03 Å². The van der Waals surface area contributed by atoms with Crippen LogP contribution in [0.1, 0.15) is 38.2 Å². The van der Waals surface area contributed by atoms with Crippen molar-refractivity contribution < 1.29 is 14.4 Å². The molecule has 3 amide bonds. The molecule has 0 bridgehead atoms. The van der Waals surface area contributed by atoms with E-state index in [1.165, 1.54) is 4.90 Å². The molecule has 8 nitrogen and oxygen atoms in total. The number of amidine groups is 1. The summed E-state index contributed by atoms with van der Waals surface area (Å²) in [7, 11) is 1.79. The highest BCUT2D eigenvalue weighted by Gasteiger charge is 2.28. The topological polar surface area (TPSA) is 106 Å². The van der Waals surface area contributed by atoms with Crippen molar-refractivity contribution in [1.29, 1.82) is 5.41 Å². The Hall–Kier alpha value is -2.90. The second-order valence-electron chi connectivity index (χ2n) is 7.42. The Morgan fingerprint density at radius 3 is 2.57 bits per heavy atom. The smallest absolute Gasteiger partial charge is 0.329 e. The number of hydrogen-bond donors (Lipinski definition) is 3. The summed E-state index contributed by atoms with van der Waals surface area (Å²) >= 11 is 0. The molecule has 0 unspecified atom stereocenters. The first-order valence-corrected chi connectivity index (χ1v) is 9.65. The highest BCUT2D eigenvalue weighted by atomic mass is 16.2. The highest BCUT2D eigenvalue weighted by molar-refractivity contribution is 6.12. The molecule has 2 fully saturated rings. The molecule has 0 aromatic heterocycles. The number of ketones is 1. The van der Waals surface area contributed by atoms with Crippen LogP contribution in [0.3, 0.4) is 0 Å². The Bertz CT molecular complexity index is 799. The van der Waals surface area contributed by atoms with Crippen molar-refractivity contribution in [2.75, 3.05) is 36.9 Å². The van der Waals surface area contributed by atoms with Crippen LogP contribution in [0.4, 0.5) is 16.2 Å². The summed E-state index contributed by atoms with van der Waals surface area (Å²) in [5.41, 5.74) is 2.43. The fourth-order valence-electron chi connectivity index (χ4n) is 3.87. The molecule has 2 saturated heterocycles. The lowest BCUT2D eigenvalue weighted by Gasteiger charge is -2.34. The monoisotopic (exact) mass is 385 g/mol. The van der Waals surface area contributed by atoms with Gasteiger partial charge in [-0.15, -0.1) is 0 Å².